The van der Waals surface area contributed by atoms with Gasteiger partial charge in [-0.05, 0) is 80.5 Å². The zero-order chi connectivity index (χ0) is 36.3. The minimum atomic E-state index is -4.84. The molecule has 5 aliphatic heterocycles. The van der Waals surface area contributed by atoms with Crippen LogP contribution < -0.4 is 19.1 Å². The Morgan fingerprint density at radius 1 is 1.15 bits per heavy atom. The number of nitrogens with zero attached hydrogens (tertiary/aromatic N) is 6. The van der Waals surface area contributed by atoms with Crippen LogP contribution in [-0.4, -0.2) is 91.0 Å². The molecule has 2 aromatic heterocycles. The number of carbonyl (C=O) groups excluding carboxylic acids is 1. The number of piperidine rings is 1. The maximum absolute atomic E-state index is 17.2. The predicted octanol–water partition coefficient (Wildman–Crippen LogP) is 5.36. The number of aryl methyl sites for hydroxylation is 1. The molecule has 7 heterocycles. The number of fused-ring (bicyclic) bond motifs is 7. The Hall–Kier alpha value is -4.77. The summed E-state index contributed by atoms with van der Waals surface area (Å²) < 4.78 is 74.9. The van der Waals surface area contributed by atoms with Gasteiger partial charge in [-0.3, -0.25) is 9.88 Å². The number of halogens is 2. The van der Waals surface area contributed by atoms with E-state index < -0.39 is 39.5 Å². The van der Waals surface area contributed by atoms with E-state index in [9.17, 15) is 22.5 Å². The average Bonchev–Trinajstić information content (AvgIpc) is 3.64. The van der Waals surface area contributed by atoms with Crippen molar-refractivity contribution >= 4 is 43.9 Å². The maximum atomic E-state index is 17.2. The summed E-state index contributed by atoms with van der Waals surface area (Å²) in [6, 6.07) is 7.89. The Morgan fingerprint density at radius 2 is 2.00 bits per heavy atom. The highest BCUT2D eigenvalue weighted by Gasteiger charge is 2.49. The fraction of sp³-hybridized carbons (Fsp3) is 0.486. The summed E-state index contributed by atoms with van der Waals surface area (Å²) >= 11 is 0. The van der Waals surface area contributed by atoms with Crippen molar-refractivity contribution in [2.75, 3.05) is 44.3 Å². The molecule has 1 N–H and O–H groups in total. The zero-order valence-corrected chi connectivity index (χ0v) is 29.3. The molecule has 9 rings (SSSR count). The first-order valence-corrected chi connectivity index (χ1v) is 18.7. The van der Waals surface area contributed by atoms with E-state index in [2.05, 4.69) is 24.8 Å². The van der Waals surface area contributed by atoms with Crippen LogP contribution in [0.5, 0.6) is 11.8 Å². The van der Waals surface area contributed by atoms with Crippen molar-refractivity contribution in [2.24, 2.45) is 4.58 Å². The Kier molecular flexibility index (Phi) is 8.59. The lowest BCUT2D eigenvalue weighted by Gasteiger charge is -2.41. The number of alkyl carbamates (subject to hydrolysis) is 1. The SMILES string of the molecule is C[C@@]12CCCN(C1)c1nc(OCC34CCCN3C[C@H](F)C4)nc3c(F)c(ncc13)-c1cc(OS(=O)(=O)N=O)cc3cccc(c13)CCCOC(=O)N2. The number of anilines is 1. The molecule has 14 nitrogen and oxygen atoms in total. The fourth-order valence-corrected chi connectivity index (χ4v) is 8.82. The largest absolute Gasteiger partial charge is 0.463 e. The summed E-state index contributed by atoms with van der Waals surface area (Å²) in [5, 5.41) is 4.34. The molecule has 1 unspecified atom stereocenters. The molecule has 2 aromatic carbocycles. The van der Waals surface area contributed by atoms with Gasteiger partial charge in [0.05, 0.1) is 23.1 Å². The van der Waals surface area contributed by atoms with Crippen LogP contribution >= 0.6 is 0 Å². The Labute approximate surface area is 298 Å². The van der Waals surface area contributed by atoms with Crippen LogP contribution in [0.15, 0.2) is 41.1 Å². The lowest BCUT2D eigenvalue weighted by atomic mass is 9.91. The van der Waals surface area contributed by atoms with Gasteiger partial charge in [0.2, 0.25) is 0 Å². The Morgan fingerprint density at radius 3 is 2.85 bits per heavy atom. The quantitative estimate of drug-likeness (QED) is 0.252. The molecule has 274 valence electrons. The summed E-state index contributed by atoms with van der Waals surface area (Å²) in [6.45, 7) is 4.11. The third-order valence-electron chi connectivity index (χ3n) is 10.7. The van der Waals surface area contributed by atoms with Gasteiger partial charge in [0.15, 0.2) is 5.82 Å². The molecule has 6 bridgehead atoms. The molecule has 4 aromatic rings. The number of aromatic nitrogens is 3. The molecule has 0 saturated carbocycles. The van der Waals surface area contributed by atoms with E-state index in [1.165, 1.54) is 18.3 Å². The Balaban J connectivity index is 1.32. The molecule has 0 spiro atoms. The van der Waals surface area contributed by atoms with Gasteiger partial charge in [-0.15, -0.1) is 4.91 Å². The molecule has 5 aliphatic rings. The Bertz CT molecular complexity index is 2210. The predicted molar refractivity (Wildman–Crippen MR) is 187 cm³/mol. The van der Waals surface area contributed by atoms with E-state index in [0.717, 1.165) is 24.9 Å². The van der Waals surface area contributed by atoms with Gasteiger partial charge in [-0.1, -0.05) is 18.2 Å². The smallest absolute Gasteiger partial charge is 0.461 e. The highest BCUT2D eigenvalue weighted by atomic mass is 32.2. The van der Waals surface area contributed by atoms with Crippen LogP contribution in [0, 0.1) is 10.7 Å². The normalized spacial score (nSPS) is 25.2. The first-order valence-electron chi connectivity index (χ1n) is 17.4. The van der Waals surface area contributed by atoms with E-state index in [-0.39, 0.29) is 41.7 Å². The number of amides is 1. The standard InChI is InChI=1S/C35H37F2N7O7S/c1-34-9-4-11-43(19-34)31-26-17-38-29(28(37)30(26)39-32(40-31)50-20-35-10-5-12-44(35)18-23(36)16-35)25-15-24(51-52(47,48)42-46)14-22-7-2-6-21(27(22)25)8-3-13-49-33(45)41-34/h2,6-7,14-15,17,23H,3-5,8-13,16,18-20H2,1H3,(H,41,45)/t23-,34-,35?/m1/s1. The number of alkyl halides is 1. The van der Waals surface area contributed by atoms with Crippen molar-refractivity contribution in [1.29, 1.82) is 0 Å². The van der Waals surface area contributed by atoms with Gasteiger partial charge in [0, 0.05) is 37.8 Å². The lowest BCUT2D eigenvalue weighted by Crippen LogP contribution is -2.57. The third kappa shape index (κ3) is 6.33. The zero-order valence-electron chi connectivity index (χ0n) is 28.4. The number of rotatable bonds is 6. The molecule has 52 heavy (non-hydrogen) atoms. The van der Waals surface area contributed by atoms with Gasteiger partial charge >= 0.3 is 22.4 Å². The first-order chi connectivity index (χ1) is 24.9. The van der Waals surface area contributed by atoms with Crippen molar-refractivity contribution in [2.45, 2.75) is 69.1 Å². The van der Waals surface area contributed by atoms with E-state index in [4.69, 9.17) is 18.6 Å². The topological polar surface area (TPSA) is 166 Å². The second-order valence-corrected chi connectivity index (χ2v) is 15.6. The number of nitrogens with one attached hydrogen (secondary N) is 1. The first kappa shape index (κ1) is 34.3. The van der Waals surface area contributed by atoms with Gasteiger partial charge in [0.1, 0.15) is 40.1 Å². The molecule has 17 heteroatoms. The molecular weight excluding hydrogens is 700 g/mol. The fourth-order valence-electron chi connectivity index (χ4n) is 8.45. The van der Waals surface area contributed by atoms with E-state index in [1.807, 2.05) is 17.9 Å². The van der Waals surface area contributed by atoms with Crippen LogP contribution in [0.3, 0.4) is 0 Å². The van der Waals surface area contributed by atoms with Gasteiger partial charge in [0.25, 0.3) is 0 Å². The lowest BCUT2D eigenvalue weighted by molar-refractivity contribution is 0.107. The number of carbonyl (C=O) groups is 1. The number of pyridine rings is 1. The van der Waals surface area contributed by atoms with Crippen molar-refractivity contribution in [3.05, 3.63) is 52.8 Å². The summed E-state index contributed by atoms with van der Waals surface area (Å²) in [4.78, 5) is 42.0. The van der Waals surface area contributed by atoms with Crippen LogP contribution in [0.2, 0.25) is 0 Å². The van der Waals surface area contributed by atoms with Gasteiger partial charge in [-0.2, -0.15) is 18.4 Å². The second-order valence-electron chi connectivity index (χ2n) is 14.4. The molecule has 1 amide bonds. The number of ether oxygens (including phenoxy) is 2. The molecular formula is C35H37F2N7O7S. The second kappa shape index (κ2) is 13.0. The summed E-state index contributed by atoms with van der Waals surface area (Å²) in [7, 11) is -4.84. The molecule has 3 atom stereocenters. The van der Waals surface area contributed by atoms with Crippen molar-refractivity contribution in [3.8, 4) is 23.0 Å². The highest BCUT2D eigenvalue weighted by molar-refractivity contribution is 7.85. The van der Waals surface area contributed by atoms with E-state index in [1.54, 1.807) is 12.1 Å². The average molecular weight is 738 g/mol. The minimum Gasteiger partial charge on any atom is -0.461 e. The number of benzene rings is 2. The third-order valence-corrected chi connectivity index (χ3v) is 11.3. The molecule has 0 aliphatic carbocycles. The number of hydrogen-bond acceptors (Lipinski definition) is 12. The van der Waals surface area contributed by atoms with Crippen molar-refractivity contribution in [3.63, 3.8) is 0 Å². The van der Waals surface area contributed by atoms with E-state index >= 15 is 4.39 Å². The highest BCUT2D eigenvalue weighted by Crippen LogP contribution is 2.42. The van der Waals surface area contributed by atoms with Crippen molar-refractivity contribution in [1.82, 2.24) is 25.2 Å². The number of nitroso groups, excluding NO2 is 1. The van der Waals surface area contributed by atoms with Crippen LogP contribution in [0.4, 0.5) is 19.4 Å². The van der Waals surface area contributed by atoms with Gasteiger partial charge < -0.3 is 23.9 Å². The maximum Gasteiger partial charge on any atom is 0.463 e. The minimum absolute atomic E-state index is 0.0922. The van der Waals surface area contributed by atoms with Crippen molar-refractivity contribution < 1.29 is 35.6 Å². The van der Waals surface area contributed by atoms with Crippen LogP contribution in [0.1, 0.15) is 51.0 Å². The van der Waals surface area contributed by atoms with E-state index in [0.29, 0.717) is 73.7 Å². The van der Waals surface area contributed by atoms with Gasteiger partial charge in [-0.25, -0.2) is 13.6 Å². The molecule has 3 saturated heterocycles. The summed E-state index contributed by atoms with van der Waals surface area (Å²) in [6.07, 6.45) is 4.12. The monoisotopic (exact) mass is 737 g/mol. The summed E-state index contributed by atoms with van der Waals surface area (Å²) in [5.41, 5.74) is -0.531. The molecule has 3 fully saturated rings. The van der Waals surface area contributed by atoms with Crippen LogP contribution in [0.25, 0.3) is 32.9 Å². The molecule has 0 radical (unpaired) electrons. The van der Waals surface area contributed by atoms with Crippen LogP contribution in [-0.2, 0) is 21.5 Å². The summed E-state index contributed by atoms with van der Waals surface area (Å²) in [5.74, 6) is -0.735. The number of hydrogen-bond donors (Lipinski definition) is 1.